The highest BCUT2D eigenvalue weighted by molar-refractivity contribution is 5.70. The Hall–Kier alpha value is -2.70. The maximum atomic E-state index is 12.5. The highest BCUT2D eigenvalue weighted by Crippen LogP contribution is 2.41. The van der Waals surface area contributed by atoms with Gasteiger partial charge in [-0.3, -0.25) is 9.78 Å². The molecule has 0 spiro atoms. The van der Waals surface area contributed by atoms with Crippen LogP contribution in [0, 0.1) is 13.8 Å². The van der Waals surface area contributed by atoms with Crippen molar-refractivity contribution in [1.29, 1.82) is 0 Å². The van der Waals surface area contributed by atoms with E-state index in [0.717, 1.165) is 42.7 Å². The Kier molecular flexibility index (Phi) is 3.38. The Labute approximate surface area is 151 Å². The molecule has 2 fully saturated rings. The third-order valence-electron chi connectivity index (χ3n) is 5.42. The summed E-state index contributed by atoms with van der Waals surface area (Å²) in [5.41, 5.74) is 5.06. The van der Waals surface area contributed by atoms with E-state index < -0.39 is 0 Å². The quantitative estimate of drug-likeness (QED) is 0.785. The Bertz CT molecular complexity index is 1030. The second-order valence-corrected chi connectivity index (χ2v) is 7.52. The van der Waals surface area contributed by atoms with Gasteiger partial charge in [-0.1, -0.05) is 12.1 Å². The Morgan fingerprint density at radius 3 is 2.42 bits per heavy atom. The topological polar surface area (TPSA) is 79.7 Å². The Balaban J connectivity index is 1.61. The molecule has 26 heavy (non-hydrogen) atoms. The fraction of sp³-hybridized carbons (Fsp3) is 0.474. The lowest BCUT2D eigenvalue weighted by molar-refractivity contribution is 0.751. The number of aromatic amines is 1. The summed E-state index contributed by atoms with van der Waals surface area (Å²) in [6.45, 7) is 6.00. The van der Waals surface area contributed by atoms with Crippen LogP contribution in [0.3, 0.4) is 0 Å². The fourth-order valence-corrected chi connectivity index (χ4v) is 3.95. The number of fused-ring (bicyclic) bond motifs is 1. The number of nitrogens with one attached hydrogen (secondary N) is 1. The largest absolute Gasteiger partial charge is 0.342 e. The number of aryl methyl sites for hydroxylation is 2. The molecule has 2 aromatic heterocycles. The van der Waals surface area contributed by atoms with Crippen molar-refractivity contribution in [3.63, 3.8) is 0 Å². The van der Waals surface area contributed by atoms with Crippen LogP contribution in [0.2, 0.25) is 0 Å². The molecule has 0 amide bonds. The van der Waals surface area contributed by atoms with Crippen LogP contribution in [0.25, 0.3) is 16.9 Å². The van der Waals surface area contributed by atoms with Gasteiger partial charge in [0.05, 0.1) is 5.69 Å². The maximum Gasteiger partial charge on any atom is 0.282 e. The molecule has 1 aliphatic heterocycles. The van der Waals surface area contributed by atoms with Gasteiger partial charge in [-0.05, 0) is 62.1 Å². The lowest BCUT2D eigenvalue weighted by atomic mass is 10.0. The van der Waals surface area contributed by atoms with Gasteiger partial charge in [-0.15, -0.1) is 15.0 Å². The average Bonchev–Trinajstić information content (AvgIpc) is 3.14. The average molecular weight is 350 g/mol. The van der Waals surface area contributed by atoms with Crippen molar-refractivity contribution in [3.8, 4) is 5.69 Å². The summed E-state index contributed by atoms with van der Waals surface area (Å²) in [5.74, 6) is 1.31. The summed E-state index contributed by atoms with van der Waals surface area (Å²) < 4.78 is 0. The third-order valence-corrected chi connectivity index (χ3v) is 5.42. The van der Waals surface area contributed by atoms with E-state index in [1.54, 1.807) is 4.80 Å². The van der Waals surface area contributed by atoms with Gasteiger partial charge in [-0.25, -0.2) is 0 Å². The Morgan fingerprint density at radius 1 is 1.08 bits per heavy atom. The zero-order chi connectivity index (χ0) is 17.8. The molecule has 0 atom stereocenters. The first-order valence-electron chi connectivity index (χ1n) is 9.34. The van der Waals surface area contributed by atoms with Gasteiger partial charge in [0, 0.05) is 13.1 Å². The van der Waals surface area contributed by atoms with Crippen molar-refractivity contribution in [3.05, 3.63) is 39.2 Å². The number of nitrogens with zero attached hydrogens (tertiary/aromatic N) is 5. The molecule has 0 radical (unpaired) electrons. The zero-order valence-corrected chi connectivity index (χ0v) is 15.1. The number of benzene rings is 1. The van der Waals surface area contributed by atoms with Crippen molar-refractivity contribution < 1.29 is 0 Å². The van der Waals surface area contributed by atoms with E-state index >= 15 is 0 Å². The molecule has 0 unspecified atom stereocenters. The fourth-order valence-electron chi connectivity index (χ4n) is 3.95. The van der Waals surface area contributed by atoms with Crippen LogP contribution >= 0.6 is 0 Å². The minimum Gasteiger partial charge on any atom is -0.342 e. The van der Waals surface area contributed by atoms with Gasteiger partial charge >= 0.3 is 0 Å². The van der Waals surface area contributed by atoms with Crippen LogP contribution < -0.4 is 10.5 Å². The van der Waals surface area contributed by atoms with Crippen LogP contribution in [-0.4, -0.2) is 38.1 Å². The van der Waals surface area contributed by atoms with Crippen molar-refractivity contribution in [2.45, 2.75) is 45.4 Å². The molecule has 134 valence electrons. The molecule has 1 aliphatic carbocycles. The number of hydrogen-bond acceptors (Lipinski definition) is 5. The molecule has 1 saturated heterocycles. The van der Waals surface area contributed by atoms with Crippen LogP contribution in [0.15, 0.2) is 16.9 Å². The molecule has 3 aromatic rings. The summed E-state index contributed by atoms with van der Waals surface area (Å²) >= 11 is 0. The first-order valence-corrected chi connectivity index (χ1v) is 9.34. The van der Waals surface area contributed by atoms with Gasteiger partial charge in [0.25, 0.3) is 5.56 Å². The molecule has 7 heteroatoms. The first kappa shape index (κ1) is 15.5. The van der Waals surface area contributed by atoms with Gasteiger partial charge in [0.1, 0.15) is 0 Å². The lowest BCUT2D eigenvalue weighted by Crippen LogP contribution is -2.23. The highest BCUT2D eigenvalue weighted by atomic mass is 16.1. The second kappa shape index (κ2) is 5.65. The smallest absolute Gasteiger partial charge is 0.282 e. The van der Waals surface area contributed by atoms with E-state index in [9.17, 15) is 4.79 Å². The van der Waals surface area contributed by atoms with Crippen LogP contribution in [-0.2, 0) is 0 Å². The van der Waals surface area contributed by atoms with E-state index in [-0.39, 0.29) is 11.1 Å². The van der Waals surface area contributed by atoms with Gasteiger partial charge in [0.2, 0.25) is 11.6 Å². The summed E-state index contributed by atoms with van der Waals surface area (Å²) in [7, 11) is 0. The first-order chi connectivity index (χ1) is 12.6. The number of aromatic nitrogens is 5. The van der Waals surface area contributed by atoms with E-state index in [1.165, 1.54) is 18.4 Å². The van der Waals surface area contributed by atoms with Gasteiger partial charge < -0.3 is 4.90 Å². The maximum absolute atomic E-state index is 12.5. The van der Waals surface area contributed by atoms with Gasteiger partial charge in [0.15, 0.2) is 5.52 Å². The molecular weight excluding hydrogens is 328 g/mol. The van der Waals surface area contributed by atoms with E-state index in [0.29, 0.717) is 17.5 Å². The SMILES string of the molecule is Cc1cc(C2CC2)cc(C)c1-n1nc2nc(N3CCCC3)[nH]c(=O)c2n1. The van der Waals surface area contributed by atoms with Crippen molar-refractivity contribution >= 4 is 17.1 Å². The standard InChI is InChI=1S/C19H22N6O/c1-11-9-14(13-5-6-13)10-12(2)16(11)25-22-15-17(23-25)20-19(21-18(15)26)24-7-3-4-8-24/h9-10,13H,3-8H2,1-2H3,(H,20,21,23,26). The number of rotatable bonds is 3. The molecule has 0 bridgehead atoms. The van der Waals surface area contributed by atoms with Crippen molar-refractivity contribution in [2.75, 3.05) is 18.0 Å². The summed E-state index contributed by atoms with van der Waals surface area (Å²) in [6.07, 6.45) is 4.81. The van der Waals surface area contributed by atoms with Crippen LogP contribution in [0.5, 0.6) is 0 Å². The molecule has 5 rings (SSSR count). The van der Waals surface area contributed by atoms with Crippen molar-refractivity contribution in [2.24, 2.45) is 0 Å². The predicted molar refractivity (Wildman–Crippen MR) is 100 cm³/mol. The zero-order valence-electron chi connectivity index (χ0n) is 15.1. The van der Waals surface area contributed by atoms with E-state index in [1.807, 2.05) is 0 Å². The Morgan fingerprint density at radius 2 is 1.77 bits per heavy atom. The van der Waals surface area contributed by atoms with Gasteiger partial charge in [-0.2, -0.15) is 4.98 Å². The molecular formula is C19H22N6O. The third kappa shape index (κ3) is 2.50. The highest BCUT2D eigenvalue weighted by Gasteiger charge is 2.25. The molecule has 1 saturated carbocycles. The molecule has 2 aliphatic rings. The van der Waals surface area contributed by atoms with E-state index in [4.69, 9.17) is 0 Å². The summed E-state index contributed by atoms with van der Waals surface area (Å²) in [5, 5.41) is 8.98. The lowest BCUT2D eigenvalue weighted by Gasteiger charge is -2.14. The minimum atomic E-state index is -0.229. The summed E-state index contributed by atoms with van der Waals surface area (Å²) in [6, 6.07) is 4.45. The minimum absolute atomic E-state index is 0.229. The predicted octanol–water partition coefficient (Wildman–Crippen LogP) is 2.60. The number of anilines is 1. The second-order valence-electron chi connectivity index (χ2n) is 7.52. The van der Waals surface area contributed by atoms with Crippen molar-refractivity contribution in [1.82, 2.24) is 25.0 Å². The molecule has 1 aromatic carbocycles. The van der Waals surface area contributed by atoms with Crippen LogP contribution in [0.4, 0.5) is 5.95 Å². The van der Waals surface area contributed by atoms with E-state index in [2.05, 4.69) is 51.0 Å². The molecule has 1 N–H and O–H groups in total. The molecule has 7 nitrogen and oxygen atoms in total. The normalized spacial score (nSPS) is 17.4. The molecule has 3 heterocycles. The number of H-pyrrole nitrogens is 1. The summed E-state index contributed by atoms with van der Waals surface area (Å²) in [4.78, 5) is 23.6. The number of hydrogen-bond donors (Lipinski definition) is 1. The van der Waals surface area contributed by atoms with Crippen LogP contribution in [0.1, 0.15) is 48.3 Å². The monoisotopic (exact) mass is 350 g/mol.